The molecule has 0 aliphatic carbocycles. The average Bonchev–Trinajstić information content (AvgIpc) is 2.54. The molecule has 0 bridgehead atoms. The summed E-state index contributed by atoms with van der Waals surface area (Å²) in [5, 5.41) is 2.75. The molecule has 2 rings (SSSR count). The summed E-state index contributed by atoms with van der Waals surface area (Å²) in [6.45, 7) is 1.83. The lowest BCUT2D eigenvalue weighted by Crippen LogP contribution is -2.23. The number of anilines is 2. The van der Waals surface area contributed by atoms with Crippen LogP contribution >= 0.6 is 0 Å². The van der Waals surface area contributed by atoms with Gasteiger partial charge in [0.2, 0.25) is 0 Å². The minimum Gasteiger partial charge on any atom is -0.483 e. The first kappa shape index (κ1) is 16.5. The number of methoxy groups -OCH3 is 1. The van der Waals surface area contributed by atoms with Gasteiger partial charge in [-0.25, -0.2) is 4.98 Å². The largest absolute Gasteiger partial charge is 0.483 e. The molecule has 0 atom stereocenters. The highest BCUT2D eigenvalue weighted by molar-refractivity contribution is 5.94. The third-order valence-corrected chi connectivity index (χ3v) is 3.08. The molecular formula is C16H20N4O3. The second-order valence-electron chi connectivity index (χ2n) is 5.09. The van der Waals surface area contributed by atoms with E-state index in [1.54, 1.807) is 4.90 Å². The maximum atomic E-state index is 12.1. The van der Waals surface area contributed by atoms with Crippen molar-refractivity contribution >= 4 is 17.4 Å². The van der Waals surface area contributed by atoms with Crippen LogP contribution in [-0.2, 0) is 4.79 Å². The van der Waals surface area contributed by atoms with Gasteiger partial charge in [0.1, 0.15) is 11.4 Å². The Balaban J connectivity index is 2.04. The van der Waals surface area contributed by atoms with E-state index in [0.717, 1.165) is 5.56 Å². The van der Waals surface area contributed by atoms with Crippen LogP contribution in [0.3, 0.4) is 0 Å². The summed E-state index contributed by atoms with van der Waals surface area (Å²) in [5.74, 6) is 0.952. The molecule has 0 aliphatic heterocycles. The predicted molar refractivity (Wildman–Crippen MR) is 88.2 cm³/mol. The van der Waals surface area contributed by atoms with Crippen LogP contribution < -0.4 is 19.7 Å². The van der Waals surface area contributed by atoms with Crippen molar-refractivity contribution in [2.45, 2.75) is 6.92 Å². The summed E-state index contributed by atoms with van der Waals surface area (Å²) >= 11 is 0. The summed E-state index contributed by atoms with van der Waals surface area (Å²) in [6.07, 6.45) is 1.51. The van der Waals surface area contributed by atoms with Crippen molar-refractivity contribution in [2.24, 2.45) is 0 Å². The van der Waals surface area contributed by atoms with E-state index in [2.05, 4.69) is 15.3 Å². The van der Waals surface area contributed by atoms with E-state index in [-0.39, 0.29) is 18.5 Å². The first-order valence-corrected chi connectivity index (χ1v) is 7.08. The first-order valence-electron chi connectivity index (χ1n) is 7.08. The number of hydrogen-bond acceptors (Lipinski definition) is 6. The number of aryl methyl sites for hydroxylation is 1. The fourth-order valence-electron chi connectivity index (χ4n) is 1.93. The number of carbonyl (C=O) groups excluding carboxylic acids is 1. The highest BCUT2D eigenvalue weighted by Crippen LogP contribution is 2.23. The zero-order chi connectivity index (χ0) is 16.8. The van der Waals surface area contributed by atoms with Crippen molar-refractivity contribution in [3.63, 3.8) is 0 Å². The van der Waals surface area contributed by atoms with Gasteiger partial charge in [-0.3, -0.25) is 4.79 Å². The van der Waals surface area contributed by atoms with Crippen molar-refractivity contribution in [2.75, 3.05) is 38.0 Å². The van der Waals surface area contributed by atoms with Crippen LogP contribution in [0.25, 0.3) is 0 Å². The molecule has 0 saturated heterocycles. The van der Waals surface area contributed by atoms with E-state index in [9.17, 15) is 4.79 Å². The Morgan fingerprint density at radius 2 is 2.04 bits per heavy atom. The minimum atomic E-state index is -0.287. The molecule has 1 N–H and O–H groups in total. The SMILES string of the molecule is COc1ncc(NC(=O)COc2ccccc2C)c(N(C)C)n1. The maximum Gasteiger partial charge on any atom is 0.318 e. The second kappa shape index (κ2) is 7.44. The van der Waals surface area contributed by atoms with Gasteiger partial charge in [-0.15, -0.1) is 0 Å². The van der Waals surface area contributed by atoms with Crippen LogP contribution in [0.2, 0.25) is 0 Å². The van der Waals surface area contributed by atoms with Crippen LogP contribution in [0.15, 0.2) is 30.5 Å². The number of para-hydroxylation sites is 1. The normalized spacial score (nSPS) is 10.1. The molecule has 0 saturated carbocycles. The van der Waals surface area contributed by atoms with Gasteiger partial charge in [0, 0.05) is 14.1 Å². The van der Waals surface area contributed by atoms with Gasteiger partial charge in [-0.05, 0) is 18.6 Å². The maximum absolute atomic E-state index is 12.1. The van der Waals surface area contributed by atoms with Crippen molar-refractivity contribution in [1.29, 1.82) is 0 Å². The Kier molecular flexibility index (Phi) is 5.35. The van der Waals surface area contributed by atoms with Gasteiger partial charge in [-0.1, -0.05) is 18.2 Å². The fraction of sp³-hybridized carbons (Fsp3) is 0.312. The average molecular weight is 316 g/mol. The molecule has 1 aromatic carbocycles. The highest BCUT2D eigenvalue weighted by Gasteiger charge is 2.13. The Hall–Kier alpha value is -2.83. The van der Waals surface area contributed by atoms with Gasteiger partial charge < -0.3 is 19.7 Å². The number of nitrogens with zero attached hydrogens (tertiary/aromatic N) is 3. The lowest BCUT2D eigenvalue weighted by Gasteiger charge is -2.17. The van der Waals surface area contributed by atoms with E-state index in [4.69, 9.17) is 9.47 Å². The number of nitrogens with one attached hydrogen (secondary N) is 1. The quantitative estimate of drug-likeness (QED) is 0.877. The Labute approximate surface area is 135 Å². The molecule has 1 aromatic heterocycles. The molecule has 1 amide bonds. The van der Waals surface area contributed by atoms with Crippen LogP contribution in [0.4, 0.5) is 11.5 Å². The standard InChI is InChI=1S/C16H20N4O3/c1-11-7-5-6-8-13(11)23-10-14(21)18-12-9-17-16(22-4)19-15(12)20(2)3/h5-9H,10H2,1-4H3,(H,18,21). The molecule has 7 nitrogen and oxygen atoms in total. The number of carbonyl (C=O) groups is 1. The molecule has 0 aliphatic rings. The predicted octanol–water partition coefficient (Wildman–Crippen LogP) is 1.88. The molecule has 122 valence electrons. The molecule has 7 heteroatoms. The number of ether oxygens (including phenoxy) is 2. The zero-order valence-corrected chi connectivity index (χ0v) is 13.7. The molecule has 0 radical (unpaired) electrons. The van der Waals surface area contributed by atoms with Crippen molar-refractivity contribution in [1.82, 2.24) is 9.97 Å². The van der Waals surface area contributed by atoms with Crippen LogP contribution in [0.5, 0.6) is 11.8 Å². The number of amides is 1. The summed E-state index contributed by atoms with van der Waals surface area (Å²) in [5.41, 5.74) is 1.47. The van der Waals surface area contributed by atoms with Crippen molar-refractivity contribution in [3.8, 4) is 11.8 Å². The smallest absolute Gasteiger partial charge is 0.318 e. The summed E-state index contributed by atoms with van der Waals surface area (Å²) in [4.78, 5) is 22.1. The molecule has 0 spiro atoms. The monoisotopic (exact) mass is 316 g/mol. The molecular weight excluding hydrogens is 296 g/mol. The fourth-order valence-corrected chi connectivity index (χ4v) is 1.93. The lowest BCUT2D eigenvalue weighted by molar-refractivity contribution is -0.118. The lowest BCUT2D eigenvalue weighted by atomic mass is 10.2. The number of hydrogen-bond donors (Lipinski definition) is 1. The van der Waals surface area contributed by atoms with Gasteiger partial charge >= 0.3 is 6.01 Å². The topological polar surface area (TPSA) is 76.6 Å². The van der Waals surface area contributed by atoms with Crippen molar-refractivity contribution in [3.05, 3.63) is 36.0 Å². The summed E-state index contributed by atoms with van der Waals surface area (Å²) in [7, 11) is 5.13. The summed E-state index contributed by atoms with van der Waals surface area (Å²) in [6, 6.07) is 7.77. The third-order valence-electron chi connectivity index (χ3n) is 3.08. The van der Waals surface area contributed by atoms with Crippen LogP contribution in [0.1, 0.15) is 5.56 Å². The van der Waals surface area contributed by atoms with E-state index in [0.29, 0.717) is 17.3 Å². The van der Waals surface area contributed by atoms with E-state index in [1.807, 2.05) is 45.3 Å². The first-order chi connectivity index (χ1) is 11.0. The van der Waals surface area contributed by atoms with E-state index >= 15 is 0 Å². The number of aromatic nitrogens is 2. The highest BCUT2D eigenvalue weighted by atomic mass is 16.5. The molecule has 0 fully saturated rings. The van der Waals surface area contributed by atoms with Gasteiger partial charge in [-0.2, -0.15) is 4.98 Å². The third kappa shape index (κ3) is 4.32. The molecule has 2 aromatic rings. The molecule has 23 heavy (non-hydrogen) atoms. The van der Waals surface area contributed by atoms with Crippen LogP contribution in [0, 0.1) is 6.92 Å². The number of rotatable bonds is 6. The van der Waals surface area contributed by atoms with Crippen LogP contribution in [-0.4, -0.2) is 43.7 Å². The van der Waals surface area contributed by atoms with Crippen molar-refractivity contribution < 1.29 is 14.3 Å². The van der Waals surface area contributed by atoms with Gasteiger partial charge in [0.25, 0.3) is 5.91 Å². The van der Waals surface area contributed by atoms with Gasteiger partial charge in [0.15, 0.2) is 12.4 Å². The van der Waals surface area contributed by atoms with Gasteiger partial charge in [0.05, 0.1) is 13.3 Å². The molecule has 1 heterocycles. The zero-order valence-electron chi connectivity index (χ0n) is 13.7. The van der Waals surface area contributed by atoms with E-state index < -0.39 is 0 Å². The number of benzene rings is 1. The molecule has 0 unspecified atom stereocenters. The second-order valence-corrected chi connectivity index (χ2v) is 5.09. The Morgan fingerprint density at radius 3 is 2.70 bits per heavy atom. The Bertz CT molecular complexity index is 689. The minimum absolute atomic E-state index is 0.0935. The Morgan fingerprint density at radius 1 is 1.30 bits per heavy atom. The van der Waals surface area contributed by atoms with E-state index in [1.165, 1.54) is 13.3 Å². The summed E-state index contributed by atoms with van der Waals surface area (Å²) < 4.78 is 10.5.